The molecule has 0 bridgehead atoms. The van der Waals surface area contributed by atoms with Crippen molar-refractivity contribution in [3.8, 4) is 0 Å². The Morgan fingerprint density at radius 3 is 2.72 bits per heavy atom. The van der Waals surface area contributed by atoms with Gasteiger partial charge in [-0.1, -0.05) is 30.0 Å². The van der Waals surface area contributed by atoms with Crippen LogP contribution in [0.1, 0.15) is 43.9 Å². The lowest BCUT2D eigenvalue weighted by molar-refractivity contribution is -0.117. The minimum Gasteiger partial charge on any atom is -0.467 e. The zero-order chi connectivity index (χ0) is 21.9. The third kappa shape index (κ3) is 4.28. The Morgan fingerprint density at radius 1 is 1.06 bits per heavy atom. The average molecular weight is 452 g/mol. The highest BCUT2D eigenvalue weighted by molar-refractivity contribution is 8.00. The first-order valence-corrected chi connectivity index (χ1v) is 12.3. The molecule has 0 N–H and O–H groups in total. The van der Waals surface area contributed by atoms with E-state index in [0.29, 0.717) is 6.54 Å². The number of furan rings is 1. The molecule has 1 aromatic carbocycles. The van der Waals surface area contributed by atoms with Gasteiger partial charge in [-0.3, -0.25) is 9.36 Å². The number of aryl methyl sites for hydroxylation is 1. The van der Waals surface area contributed by atoms with Crippen molar-refractivity contribution in [2.75, 3.05) is 29.4 Å². The maximum atomic E-state index is 13.4. The molecule has 168 valence electrons. The fourth-order valence-electron chi connectivity index (χ4n) is 4.58. The molecule has 1 fully saturated rings. The summed E-state index contributed by atoms with van der Waals surface area (Å²) in [6.45, 7) is 5.26. The van der Waals surface area contributed by atoms with Gasteiger partial charge in [-0.15, -0.1) is 10.2 Å². The van der Waals surface area contributed by atoms with Crippen LogP contribution in [0.2, 0.25) is 0 Å². The van der Waals surface area contributed by atoms with Gasteiger partial charge in [-0.25, -0.2) is 0 Å². The zero-order valence-corrected chi connectivity index (χ0v) is 19.3. The summed E-state index contributed by atoms with van der Waals surface area (Å²) < 4.78 is 7.71. The summed E-state index contributed by atoms with van der Waals surface area (Å²) >= 11 is 1.48. The number of piperidine rings is 1. The van der Waals surface area contributed by atoms with Crippen LogP contribution in [0.3, 0.4) is 0 Å². The van der Waals surface area contributed by atoms with Gasteiger partial charge >= 0.3 is 0 Å². The molecular weight excluding hydrogens is 422 g/mol. The molecule has 3 aromatic rings. The minimum absolute atomic E-state index is 0.120. The molecule has 1 amide bonds. The highest BCUT2D eigenvalue weighted by Gasteiger charge is 2.29. The first-order valence-electron chi connectivity index (χ1n) is 11.5. The molecule has 2 aromatic heterocycles. The predicted octanol–water partition coefficient (Wildman–Crippen LogP) is 4.37. The van der Waals surface area contributed by atoms with E-state index in [1.54, 1.807) is 6.26 Å². The second-order valence-electron chi connectivity index (χ2n) is 8.48. The summed E-state index contributed by atoms with van der Waals surface area (Å²) in [7, 11) is 0. The Hall–Kier alpha value is -2.74. The predicted molar refractivity (Wildman–Crippen MR) is 126 cm³/mol. The van der Waals surface area contributed by atoms with E-state index in [9.17, 15) is 4.79 Å². The zero-order valence-electron chi connectivity index (χ0n) is 18.4. The number of para-hydroxylation sites is 1. The van der Waals surface area contributed by atoms with Gasteiger partial charge in [0.2, 0.25) is 11.9 Å². The fourth-order valence-corrected chi connectivity index (χ4v) is 5.49. The van der Waals surface area contributed by atoms with E-state index in [1.165, 1.54) is 36.6 Å². The standard InChI is InChI=1S/C24H29N5O2S/c1-18(22(30)28-15-7-10-19-9-3-4-12-21(19)28)32-24-26-25-23(27-13-5-2-6-14-27)29(24)17-20-11-8-16-31-20/h3-4,8-9,11-12,16,18H,2,5-7,10,13-15,17H2,1H3/t18-/m1/s1. The van der Waals surface area contributed by atoms with Crippen molar-refractivity contribution < 1.29 is 9.21 Å². The van der Waals surface area contributed by atoms with Crippen LogP contribution in [0.4, 0.5) is 11.6 Å². The minimum atomic E-state index is -0.269. The molecule has 8 heteroatoms. The molecule has 0 spiro atoms. The number of benzene rings is 1. The number of nitrogens with zero attached hydrogens (tertiary/aromatic N) is 5. The third-order valence-corrected chi connectivity index (χ3v) is 7.30. The molecule has 7 nitrogen and oxygen atoms in total. The number of fused-ring (bicyclic) bond motifs is 1. The third-order valence-electron chi connectivity index (χ3n) is 6.24. The highest BCUT2D eigenvalue weighted by atomic mass is 32.2. The topological polar surface area (TPSA) is 67.4 Å². The number of hydrogen-bond donors (Lipinski definition) is 0. The molecule has 4 heterocycles. The van der Waals surface area contributed by atoms with Crippen LogP contribution in [0, 0.1) is 0 Å². The Kier molecular flexibility index (Phi) is 6.21. The van der Waals surface area contributed by atoms with Gasteiger partial charge in [-0.2, -0.15) is 0 Å². The van der Waals surface area contributed by atoms with Crippen LogP contribution >= 0.6 is 11.8 Å². The molecule has 0 unspecified atom stereocenters. The highest BCUT2D eigenvalue weighted by Crippen LogP contribution is 2.32. The van der Waals surface area contributed by atoms with Crippen LogP contribution in [-0.4, -0.2) is 45.6 Å². The average Bonchev–Trinajstić information content (AvgIpc) is 3.49. The number of hydrogen-bond acceptors (Lipinski definition) is 6. The Balaban J connectivity index is 1.38. The van der Waals surface area contributed by atoms with Crippen molar-refractivity contribution in [2.24, 2.45) is 0 Å². The van der Waals surface area contributed by atoms with Crippen LogP contribution in [0.15, 0.2) is 52.2 Å². The second kappa shape index (κ2) is 9.40. The number of thioether (sulfide) groups is 1. The van der Waals surface area contributed by atoms with E-state index in [4.69, 9.17) is 4.42 Å². The van der Waals surface area contributed by atoms with E-state index >= 15 is 0 Å². The van der Waals surface area contributed by atoms with Gasteiger partial charge in [0.15, 0.2) is 5.16 Å². The lowest BCUT2D eigenvalue weighted by Gasteiger charge is -2.31. The normalized spacial score (nSPS) is 17.3. The summed E-state index contributed by atoms with van der Waals surface area (Å²) in [4.78, 5) is 17.7. The summed E-state index contributed by atoms with van der Waals surface area (Å²) in [5.74, 6) is 1.84. The Bertz CT molecular complexity index is 1060. The van der Waals surface area contributed by atoms with Crippen molar-refractivity contribution in [1.29, 1.82) is 0 Å². The van der Waals surface area contributed by atoms with E-state index in [-0.39, 0.29) is 11.2 Å². The molecule has 1 atom stereocenters. The summed E-state index contributed by atoms with van der Waals surface area (Å²) in [6, 6.07) is 12.1. The van der Waals surface area contributed by atoms with E-state index in [1.807, 2.05) is 36.1 Å². The molecule has 2 aliphatic rings. The van der Waals surface area contributed by atoms with Crippen LogP contribution in [-0.2, 0) is 17.8 Å². The quantitative estimate of drug-likeness (QED) is 0.519. The van der Waals surface area contributed by atoms with E-state index < -0.39 is 0 Å². The number of amides is 1. The van der Waals surface area contributed by atoms with Gasteiger partial charge in [0, 0.05) is 25.3 Å². The summed E-state index contributed by atoms with van der Waals surface area (Å²) in [6.07, 6.45) is 7.30. The van der Waals surface area contributed by atoms with Gasteiger partial charge < -0.3 is 14.2 Å². The van der Waals surface area contributed by atoms with Crippen LogP contribution in [0.5, 0.6) is 0 Å². The fraction of sp³-hybridized carbons (Fsp3) is 0.458. The number of carbonyl (C=O) groups excluding carboxylic acids is 1. The number of carbonyl (C=O) groups is 1. The van der Waals surface area contributed by atoms with Crippen molar-refractivity contribution in [2.45, 2.75) is 56.0 Å². The molecule has 2 aliphatic heterocycles. The van der Waals surface area contributed by atoms with E-state index in [2.05, 4.69) is 31.8 Å². The van der Waals surface area contributed by atoms with Crippen LogP contribution in [0.25, 0.3) is 0 Å². The SMILES string of the molecule is C[C@@H](Sc1nnc(N2CCCCC2)n1Cc1ccco1)C(=O)N1CCCc2ccccc21. The van der Waals surface area contributed by atoms with Crippen molar-refractivity contribution in [3.05, 3.63) is 54.0 Å². The first kappa shape index (κ1) is 21.1. The second-order valence-corrected chi connectivity index (χ2v) is 9.79. The largest absolute Gasteiger partial charge is 0.467 e. The van der Waals surface area contributed by atoms with Crippen molar-refractivity contribution in [1.82, 2.24) is 14.8 Å². The molecule has 1 saturated heterocycles. The summed E-state index contributed by atoms with van der Waals surface area (Å²) in [5, 5.41) is 9.53. The number of aromatic nitrogens is 3. The van der Waals surface area contributed by atoms with Crippen molar-refractivity contribution >= 4 is 29.3 Å². The van der Waals surface area contributed by atoms with Gasteiger partial charge in [0.1, 0.15) is 5.76 Å². The smallest absolute Gasteiger partial charge is 0.240 e. The van der Waals surface area contributed by atoms with Gasteiger partial charge in [0.25, 0.3) is 0 Å². The molecule has 32 heavy (non-hydrogen) atoms. The maximum absolute atomic E-state index is 13.4. The number of anilines is 2. The Labute approximate surface area is 192 Å². The molecular formula is C24H29N5O2S. The van der Waals surface area contributed by atoms with Crippen molar-refractivity contribution in [3.63, 3.8) is 0 Å². The monoisotopic (exact) mass is 451 g/mol. The molecule has 0 aliphatic carbocycles. The number of rotatable bonds is 6. The lowest BCUT2D eigenvalue weighted by Crippen LogP contribution is -2.40. The van der Waals surface area contributed by atoms with Crippen LogP contribution < -0.4 is 9.80 Å². The molecule has 0 radical (unpaired) electrons. The maximum Gasteiger partial charge on any atom is 0.240 e. The molecule has 0 saturated carbocycles. The molecule has 5 rings (SSSR count). The van der Waals surface area contributed by atoms with Gasteiger partial charge in [-0.05, 0) is 62.8 Å². The van der Waals surface area contributed by atoms with E-state index in [0.717, 1.165) is 55.0 Å². The summed E-state index contributed by atoms with van der Waals surface area (Å²) in [5.41, 5.74) is 2.29. The van der Waals surface area contributed by atoms with Gasteiger partial charge in [0.05, 0.1) is 18.1 Å². The Morgan fingerprint density at radius 2 is 1.91 bits per heavy atom. The lowest BCUT2D eigenvalue weighted by atomic mass is 10.0. The first-order chi connectivity index (χ1) is 15.7.